The molecule has 5 heteroatoms. The summed E-state index contributed by atoms with van der Waals surface area (Å²) >= 11 is 5.33. The highest BCUT2D eigenvalue weighted by Crippen LogP contribution is 2.39. The van der Waals surface area contributed by atoms with E-state index < -0.39 is 0 Å². The van der Waals surface area contributed by atoms with Gasteiger partial charge in [0.2, 0.25) is 6.79 Å². The minimum atomic E-state index is 0.341. The Balaban J connectivity index is 1.67. The largest absolute Gasteiger partial charge is 0.454 e. The van der Waals surface area contributed by atoms with Crippen molar-refractivity contribution in [3.63, 3.8) is 0 Å². The van der Waals surface area contributed by atoms with E-state index in [-0.39, 0.29) is 0 Å². The van der Waals surface area contributed by atoms with Crippen molar-refractivity contribution in [3.05, 3.63) is 44.1 Å². The van der Waals surface area contributed by atoms with Gasteiger partial charge in [-0.25, -0.2) is 0 Å². The Morgan fingerprint density at radius 2 is 2.10 bits per heavy atom. The van der Waals surface area contributed by atoms with Crippen molar-refractivity contribution in [1.82, 2.24) is 5.32 Å². The highest BCUT2D eigenvalue weighted by atomic mass is 79.9. The van der Waals surface area contributed by atoms with E-state index in [1.54, 1.807) is 11.3 Å². The molecule has 1 N–H and O–H groups in total. The molecule has 1 aromatic heterocycles. The molecule has 2 aliphatic heterocycles. The number of thiophene rings is 1. The number of fused-ring (bicyclic) bond motifs is 2. The summed E-state index contributed by atoms with van der Waals surface area (Å²) in [5.41, 5.74) is 2.73. The topological polar surface area (TPSA) is 30.5 Å². The van der Waals surface area contributed by atoms with Gasteiger partial charge in [0.25, 0.3) is 0 Å². The Hall–Kier alpha value is -1.04. The molecule has 3 nitrogen and oxygen atoms in total. The molecule has 2 aromatic rings. The molecule has 0 bridgehead atoms. The lowest BCUT2D eigenvalue weighted by atomic mass is 9.91. The molecule has 1 unspecified atom stereocenters. The molecule has 4 rings (SSSR count). The summed E-state index contributed by atoms with van der Waals surface area (Å²) in [6.07, 6.45) is 2.07. The molecule has 3 heterocycles. The first-order valence-electron chi connectivity index (χ1n) is 6.69. The van der Waals surface area contributed by atoms with Crippen molar-refractivity contribution in [2.75, 3.05) is 13.3 Å². The van der Waals surface area contributed by atoms with Crippen molar-refractivity contribution < 1.29 is 9.47 Å². The summed E-state index contributed by atoms with van der Waals surface area (Å²) in [6, 6.07) is 8.97. The standard InChI is InChI=1S/C15H14BrNO2S/c16-15-2-1-10(20-15)6-12-11-7-14-13(18-8-19-14)5-9(11)3-4-17-12/h1-2,5,7,12,17H,3-4,6,8H2. The van der Waals surface area contributed by atoms with Gasteiger partial charge < -0.3 is 14.8 Å². The fourth-order valence-electron chi connectivity index (χ4n) is 2.88. The first kappa shape index (κ1) is 12.7. The average molecular weight is 352 g/mol. The maximum absolute atomic E-state index is 5.51. The van der Waals surface area contributed by atoms with Crippen LogP contribution in [-0.2, 0) is 12.8 Å². The zero-order valence-corrected chi connectivity index (χ0v) is 13.2. The highest BCUT2D eigenvalue weighted by molar-refractivity contribution is 9.11. The number of hydrogen-bond donors (Lipinski definition) is 1. The summed E-state index contributed by atoms with van der Waals surface area (Å²) in [5, 5.41) is 3.62. The van der Waals surface area contributed by atoms with Crippen LogP contribution in [0.4, 0.5) is 0 Å². The summed E-state index contributed by atoms with van der Waals surface area (Å²) in [6.45, 7) is 1.36. The monoisotopic (exact) mass is 351 g/mol. The van der Waals surface area contributed by atoms with Crippen LogP contribution in [0.15, 0.2) is 28.1 Å². The summed E-state index contributed by atoms with van der Waals surface area (Å²) in [4.78, 5) is 1.39. The average Bonchev–Trinajstić information content (AvgIpc) is 3.05. The molecule has 20 heavy (non-hydrogen) atoms. The van der Waals surface area contributed by atoms with Crippen LogP contribution in [0, 0.1) is 0 Å². The number of halogens is 1. The van der Waals surface area contributed by atoms with Gasteiger partial charge >= 0.3 is 0 Å². The van der Waals surface area contributed by atoms with Gasteiger partial charge in [0.1, 0.15) is 0 Å². The van der Waals surface area contributed by atoms with E-state index in [1.165, 1.54) is 19.8 Å². The predicted octanol–water partition coefficient (Wildman–Crippen LogP) is 3.67. The van der Waals surface area contributed by atoms with Gasteiger partial charge in [-0.05, 0) is 64.3 Å². The smallest absolute Gasteiger partial charge is 0.231 e. The first-order valence-corrected chi connectivity index (χ1v) is 8.30. The third-order valence-electron chi connectivity index (χ3n) is 3.83. The SMILES string of the molecule is Brc1ccc(CC2NCCc3cc4c(cc32)OCO4)s1. The lowest BCUT2D eigenvalue weighted by Gasteiger charge is -2.27. The normalized spacial score (nSPS) is 19.9. The summed E-state index contributed by atoms with van der Waals surface area (Å²) < 4.78 is 12.2. The van der Waals surface area contributed by atoms with Crippen LogP contribution in [0.25, 0.3) is 0 Å². The number of nitrogens with one attached hydrogen (secondary N) is 1. The van der Waals surface area contributed by atoms with Crippen LogP contribution in [0.3, 0.4) is 0 Å². The summed E-state index contributed by atoms with van der Waals surface area (Å²) in [5.74, 6) is 1.77. The molecule has 0 aliphatic carbocycles. The van der Waals surface area contributed by atoms with Gasteiger partial charge in [0.05, 0.1) is 3.79 Å². The Kier molecular flexibility index (Phi) is 3.21. The second-order valence-electron chi connectivity index (χ2n) is 5.07. The van der Waals surface area contributed by atoms with E-state index in [4.69, 9.17) is 9.47 Å². The van der Waals surface area contributed by atoms with Gasteiger partial charge in [0.15, 0.2) is 11.5 Å². The van der Waals surface area contributed by atoms with Gasteiger partial charge in [-0.2, -0.15) is 0 Å². The number of hydrogen-bond acceptors (Lipinski definition) is 4. The van der Waals surface area contributed by atoms with Crippen LogP contribution in [-0.4, -0.2) is 13.3 Å². The Morgan fingerprint density at radius 3 is 2.90 bits per heavy atom. The van der Waals surface area contributed by atoms with Gasteiger partial charge in [-0.3, -0.25) is 0 Å². The lowest BCUT2D eigenvalue weighted by Crippen LogP contribution is -2.31. The van der Waals surface area contributed by atoms with Crippen molar-refractivity contribution >= 4 is 27.3 Å². The molecule has 0 radical (unpaired) electrons. The lowest BCUT2D eigenvalue weighted by molar-refractivity contribution is 0.174. The zero-order chi connectivity index (χ0) is 13.5. The molecule has 2 aliphatic rings. The molecular formula is C15H14BrNO2S. The van der Waals surface area contributed by atoms with Crippen LogP contribution < -0.4 is 14.8 Å². The van der Waals surface area contributed by atoms with Crippen LogP contribution in [0.5, 0.6) is 11.5 Å². The quantitative estimate of drug-likeness (QED) is 0.895. The van der Waals surface area contributed by atoms with Gasteiger partial charge in [0, 0.05) is 17.3 Å². The van der Waals surface area contributed by atoms with Crippen LogP contribution in [0.1, 0.15) is 22.0 Å². The van der Waals surface area contributed by atoms with Crippen LogP contribution >= 0.6 is 27.3 Å². The van der Waals surface area contributed by atoms with E-state index in [0.717, 1.165) is 30.9 Å². The zero-order valence-electron chi connectivity index (χ0n) is 10.8. The molecule has 0 saturated carbocycles. The Labute approximate surface area is 130 Å². The predicted molar refractivity (Wildman–Crippen MR) is 82.7 cm³/mol. The second kappa shape index (κ2) is 5.06. The minimum Gasteiger partial charge on any atom is -0.454 e. The molecule has 1 aromatic carbocycles. The van der Waals surface area contributed by atoms with E-state index in [9.17, 15) is 0 Å². The maximum Gasteiger partial charge on any atom is 0.231 e. The highest BCUT2D eigenvalue weighted by Gasteiger charge is 2.25. The third kappa shape index (κ3) is 2.24. The fraction of sp³-hybridized carbons (Fsp3) is 0.333. The van der Waals surface area contributed by atoms with E-state index >= 15 is 0 Å². The van der Waals surface area contributed by atoms with Crippen molar-refractivity contribution in [3.8, 4) is 11.5 Å². The van der Waals surface area contributed by atoms with Crippen LogP contribution in [0.2, 0.25) is 0 Å². The molecule has 0 amide bonds. The molecule has 0 saturated heterocycles. The third-order valence-corrected chi connectivity index (χ3v) is 5.48. The minimum absolute atomic E-state index is 0.341. The molecular weight excluding hydrogens is 338 g/mol. The molecule has 104 valence electrons. The van der Waals surface area contributed by atoms with E-state index in [2.05, 4.69) is 45.5 Å². The van der Waals surface area contributed by atoms with E-state index in [1.807, 2.05) is 0 Å². The Morgan fingerprint density at radius 1 is 1.25 bits per heavy atom. The number of rotatable bonds is 2. The molecule has 0 spiro atoms. The summed E-state index contributed by atoms with van der Waals surface area (Å²) in [7, 11) is 0. The molecule has 0 fully saturated rings. The van der Waals surface area contributed by atoms with Gasteiger partial charge in [-0.1, -0.05) is 0 Å². The van der Waals surface area contributed by atoms with Crippen molar-refractivity contribution in [1.29, 1.82) is 0 Å². The Bertz CT molecular complexity index is 655. The van der Waals surface area contributed by atoms with Crippen molar-refractivity contribution in [2.45, 2.75) is 18.9 Å². The number of ether oxygens (including phenoxy) is 2. The first-order chi connectivity index (χ1) is 9.79. The van der Waals surface area contributed by atoms with Gasteiger partial charge in [-0.15, -0.1) is 11.3 Å². The van der Waals surface area contributed by atoms with Crippen molar-refractivity contribution in [2.24, 2.45) is 0 Å². The second-order valence-corrected chi connectivity index (χ2v) is 7.62. The maximum atomic E-state index is 5.51. The molecule has 1 atom stereocenters. The van der Waals surface area contributed by atoms with E-state index in [0.29, 0.717) is 12.8 Å². The fourth-order valence-corrected chi connectivity index (χ4v) is 4.41. The number of benzene rings is 1.